The Morgan fingerprint density at radius 1 is 1.56 bits per heavy atom. The maximum Gasteiger partial charge on any atom is 0.306 e. The Morgan fingerprint density at radius 2 is 2.33 bits per heavy atom. The van der Waals surface area contributed by atoms with Crippen molar-refractivity contribution in [3.05, 3.63) is 12.4 Å². The average Bonchev–Trinajstić information content (AvgIpc) is 2.35. The molecule has 1 atom stereocenters. The highest BCUT2D eigenvalue weighted by Gasteiger charge is 2.12. The van der Waals surface area contributed by atoms with E-state index < -0.39 is 12.1 Å². The number of anilines is 1. The number of hydrogen-bond acceptors (Lipinski definition) is 6. The molecule has 0 bridgehead atoms. The predicted octanol–water partition coefficient (Wildman–Crippen LogP) is 0.777. The van der Waals surface area contributed by atoms with Gasteiger partial charge in [-0.25, -0.2) is 9.97 Å². The molecule has 2 N–H and O–H groups in total. The highest BCUT2D eigenvalue weighted by molar-refractivity contribution is 5.67. The van der Waals surface area contributed by atoms with E-state index in [0.29, 0.717) is 24.8 Å². The predicted molar refractivity (Wildman–Crippen MR) is 64.7 cm³/mol. The van der Waals surface area contributed by atoms with E-state index in [1.54, 1.807) is 6.07 Å². The van der Waals surface area contributed by atoms with Crippen LogP contribution in [0.25, 0.3) is 0 Å². The van der Waals surface area contributed by atoms with Gasteiger partial charge in [0.1, 0.15) is 12.1 Å². The van der Waals surface area contributed by atoms with Gasteiger partial charge in [-0.3, -0.25) is 4.79 Å². The van der Waals surface area contributed by atoms with Crippen molar-refractivity contribution in [1.82, 2.24) is 9.97 Å². The molecule has 0 radical (unpaired) electrons. The van der Waals surface area contributed by atoms with Crippen LogP contribution in [0.2, 0.25) is 0 Å². The van der Waals surface area contributed by atoms with Crippen molar-refractivity contribution >= 4 is 11.8 Å². The Labute approximate surface area is 105 Å². The number of hydrogen-bond donors (Lipinski definition) is 2. The summed E-state index contributed by atoms with van der Waals surface area (Å²) in [5, 5.41) is 11.7. The molecule has 7 nitrogen and oxygen atoms in total. The van der Waals surface area contributed by atoms with E-state index in [4.69, 9.17) is 14.6 Å². The van der Waals surface area contributed by atoms with Crippen LogP contribution in [0.4, 0.5) is 5.82 Å². The van der Waals surface area contributed by atoms with Crippen molar-refractivity contribution in [1.29, 1.82) is 0 Å². The Hall–Kier alpha value is -1.89. The van der Waals surface area contributed by atoms with E-state index in [1.807, 2.05) is 6.92 Å². The first-order chi connectivity index (χ1) is 8.65. The van der Waals surface area contributed by atoms with Crippen LogP contribution in [0, 0.1) is 0 Å². The van der Waals surface area contributed by atoms with Gasteiger partial charge in [0, 0.05) is 19.7 Å². The first kappa shape index (κ1) is 14.2. The third kappa shape index (κ3) is 4.96. The van der Waals surface area contributed by atoms with Crippen LogP contribution in [0.15, 0.2) is 12.4 Å². The Kier molecular flexibility index (Phi) is 5.86. The molecule has 0 aliphatic rings. The second kappa shape index (κ2) is 7.44. The lowest BCUT2D eigenvalue weighted by Crippen LogP contribution is -2.25. The minimum absolute atomic E-state index is 0.0626. The van der Waals surface area contributed by atoms with Gasteiger partial charge in [-0.05, 0) is 6.92 Å². The van der Waals surface area contributed by atoms with Crippen LogP contribution in [0.3, 0.4) is 0 Å². The molecular weight excluding hydrogens is 238 g/mol. The highest BCUT2D eigenvalue weighted by Crippen LogP contribution is 2.11. The first-order valence-corrected chi connectivity index (χ1v) is 5.59. The monoisotopic (exact) mass is 255 g/mol. The first-order valence-electron chi connectivity index (χ1n) is 5.59. The van der Waals surface area contributed by atoms with Gasteiger partial charge in [-0.15, -0.1) is 0 Å². The Morgan fingerprint density at radius 3 is 2.94 bits per heavy atom. The molecule has 0 spiro atoms. The Bertz CT molecular complexity index is 386. The smallest absolute Gasteiger partial charge is 0.306 e. The van der Waals surface area contributed by atoms with E-state index in [0.717, 1.165) is 0 Å². The van der Waals surface area contributed by atoms with E-state index >= 15 is 0 Å². The number of methoxy groups -OCH3 is 1. The van der Waals surface area contributed by atoms with Crippen molar-refractivity contribution in [2.24, 2.45) is 0 Å². The standard InChI is InChI=1S/C11H17N3O4/c1-3-18-10-5-9(13-7-14-10)12-6-8(17-2)4-11(15)16/h5,7-8H,3-4,6H2,1-2H3,(H,15,16)(H,12,13,14). The number of aliphatic carboxylic acids is 1. The summed E-state index contributed by atoms with van der Waals surface area (Å²) < 4.78 is 10.3. The van der Waals surface area contributed by atoms with E-state index in [-0.39, 0.29) is 6.42 Å². The molecule has 0 saturated heterocycles. The molecule has 0 aliphatic carbocycles. The number of nitrogens with zero attached hydrogens (tertiary/aromatic N) is 2. The number of carboxylic acids is 1. The molecule has 1 aromatic heterocycles. The molecule has 1 unspecified atom stereocenters. The molecule has 1 aromatic rings. The second-order valence-corrected chi connectivity index (χ2v) is 3.51. The average molecular weight is 255 g/mol. The number of carboxylic acid groups (broad SMARTS) is 1. The second-order valence-electron chi connectivity index (χ2n) is 3.51. The molecule has 0 amide bonds. The minimum Gasteiger partial charge on any atom is -0.481 e. The largest absolute Gasteiger partial charge is 0.481 e. The SMILES string of the molecule is CCOc1cc(NCC(CC(=O)O)OC)ncn1. The fraction of sp³-hybridized carbons (Fsp3) is 0.545. The molecular formula is C11H17N3O4. The number of ether oxygens (including phenoxy) is 2. The van der Waals surface area contributed by atoms with Crippen molar-refractivity contribution in [2.45, 2.75) is 19.4 Å². The number of rotatable bonds is 8. The summed E-state index contributed by atoms with van der Waals surface area (Å²) in [4.78, 5) is 18.5. The molecule has 0 aliphatic heterocycles. The quantitative estimate of drug-likeness (QED) is 0.708. The van der Waals surface area contributed by atoms with Gasteiger partial charge in [-0.2, -0.15) is 0 Å². The summed E-state index contributed by atoms with van der Waals surface area (Å²) in [6, 6.07) is 1.65. The summed E-state index contributed by atoms with van der Waals surface area (Å²) in [5.41, 5.74) is 0. The van der Waals surface area contributed by atoms with Crippen molar-refractivity contribution in [3.63, 3.8) is 0 Å². The molecule has 1 rings (SSSR count). The van der Waals surface area contributed by atoms with Gasteiger partial charge in [0.15, 0.2) is 0 Å². The highest BCUT2D eigenvalue weighted by atomic mass is 16.5. The van der Waals surface area contributed by atoms with Gasteiger partial charge < -0.3 is 19.9 Å². The van der Waals surface area contributed by atoms with Crippen LogP contribution in [0.5, 0.6) is 5.88 Å². The minimum atomic E-state index is -0.902. The zero-order valence-corrected chi connectivity index (χ0v) is 10.4. The number of aromatic nitrogens is 2. The summed E-state index contributed by atoms with van der Waals surface area (Å²) in [6.45, 7) is 2.74. The fourth-order valence-electron chi connectivity index (χ4n) is 1.31. The van der Waals surface area contributed by atoms with Crippen LogP contribution in [-0.2, 0) is 9.53 Å². The third-order valence-corrected chi connectivity index (χ3v) is 2.18. The maximum absolute atomic E-state index is 10.6. The van der Waals surface area contributed by atoms with Gasteiger partial charge in [0.05, 0.1) is 19.1 Å². The lowest BCUT2D eigenvalue weighted by Gasteiger charge is -2.14. The molecule has 100 valence electrons. The summed E-state index contributed by atoms with van der Waals surface area (Å²) in [6.07, 6.45) is 0.909. The van der Waals surface area contributed by atoms with Gasteiger partial charge in [-0.1, -0.05) is 0 Å². The molecule has 0 aromatic carbocycles. The van der Waals surface area contributed by atoms with Crippen molar-refractivity contribution < 1.29 is 19.4 Å². The van der Waals surface area contributed by atoms with Crippen LogP contribution < -0.4 is 10.1 Å². The number of nitrogens with one attached hydrogen (secondary N) is 1. The summed E-state index contributed by atoms with van der Waals surface area (Å²) >= 11 is 0. The topological polar surface area (TPSA) is 93.6 Å². The fourth-order valence-corrected chi connectivity index (χ4v) is 1.31. The summed E-state index contributed by atoms with van der Waals surface area (Å²) in [5.74, 6) is 0.143. The van der Waals surface area contributed by atoms with Gasteiger partial charge in [0.2, 0.25) is 5.88 Å². The molecule has 18 heavy (non-hydrogen) atoms. The molecule has 1 heterocycles. The molecule has 0 saturated carbocycles. The molecule has 0 fully saturated rings. The zero-order chi connectivity index (χ0) is 13.4. The van der Waals surface area contributed by atoms with Gasteiger partial charge >= 0.3 is 5.97 Å². The van der Waals surface area contributed by atoms with Gasteiger partial charge in [0.25, 0.3) is 0 Å². The Balaban J connectivity index is 2.50. The summed E-state index contributed by atoms with van der Waals surface area (Å²) in [7, 11) is 1.47. The van der Waals surface area contributed by atoms with E-state index in [9.17, 15) is 4.79 Å². The third-order valence-electron chi connectivity index (χ3n) is 2.18. The van der Waals surface area contributed by atoms with Crippen LogP contribution in [-0.4, -0.2) is 47.4 Å². The zero-order valence-electron chi connectivity index (χ0n) is 10.4. The van der Waals surface area contributed by atoms with E-state index in [1.165, 1.54) is 13.4 Å². The van der Waals surface area contributed by atoms with Crippen LogP contribution in [0.1, 0.15) is 13.3 Å². The maximum atomic E-state index is 10.6. The number of carbonyl (C=O) groups is 1. The normalized spacial score (nSPS) is 11.9. The van der Waals surface area contributed by atoms with E-state index in [2.05, 4.69) is 15.3 Å². The lowest BCUT2D eigenvalue weighted by atomic mass is 10.2. The lowest BCUT2D eigenvalue weighted by molar-refractivity contribution is -0.139. The van der Waals surface area contributed by atoms with Crippen molar-refractivity contribution in [3.8, 4) is 5.88 Å². The molecule has 7 heteroatoms. The van der Waals surface area contributed by atoms with Crippen LogP contribution >= 0.6 is 0 Å². The van der Waals surface area contributed by atoms with Crippen molar-refractivity contribution in [2.75, 3.05) is 25.6 Å².